The van der Waals surface area contributed by atoms with Gasteiger partial charge in [0.1, 0.15) is 28.7 Å². The Morgan fingerprint density at radius 3 is 2.70 bits per heavy atom. The molecule has 1 fully saturated rings. The summed E-state index contributed by atoms with van der Waals surface area (Å²) in [6.07, 6.45) is 4.46. The fraction of sp³-hybridized carbons (Fsp3) is 0.370. The number of rotatable bonds is 3. The molecule has 0 bridgehead atoms. The van der Waals surface area contributed by atoms with Crippen LogP contribution >= 0.6 is 0 Å². The molecule has 2 aromatic heterocycles. The zero-order chi connectivity index (χ0) is 23.3. The highest BCUT2D eigenvalue weighted by atomic mass is 19.1. The lowest BCUT2D eigenvalue weighted by molar-refractivity contribution is 0.445. The van der Waals surface area contributed by atoms with Crippen molar-refractivity contribution in [2.45, 2.75) is 47.0 Å². The number of hydrogen-bond donors (Lipinski definition) is 0. The first-order chi connectivity index (χ1) is 15.9. The lowest BCUT2D eigenvalue weighted by Gasteiger charge is -2.32. The lowest BCUT2D eigenvalue weighted by atomic mass is 9.93. The van der Waals surface area contributed by atoms with Gasteiger partial charge in [-0.3, -0.25) is 4.98 Å². The summed E-state index contributed by atoms with van der Waals surface area (Å²) in [5.74, 6) is 1.07. The molecular formula is C27H28F2N4. The molecule has 3 heterocycles. The molecule has 33 heavy (non-hydrogen) atoms. The number of halogens is 2. The lowest BCUT2D eigenvalue weighted by Crippen LogP contribution is -2.35. The predicted molar refractivity (Wildman–Crippen MR) is 130 cm³/mol. The monoisotopic (exact) mass is 446 g/mol. The van der Waals surface area contributed by atoms with Crippen LogP contribution in [0.5, 0.6) is 0 Å². The molecule has 1 saturated heterocycles. The van der Waals surface area contributed by atoms with Gasteiger partial charge >= 0.3 is 0 Å². The largest absolute Gasteiger partial charge is 0.356 e. The molecule has 0 radical (unpaired) electrons. The quantitative estimate of drug-likeness (QED) is 0.358. The summed E-state index contributed by atoms with van der Waals surface area (Å²) in [6, 6.07) is 7.12. The summed E-state index contributed by atoms with van der Waals surface area (Å²) in [5.41, 5.74) is 2.61. The maximum Gasteiger partial charge on any atom is 0.175 e. The van der Waals surface area contributed by atoms with Crippen molar-refractivity contribution in [3.05, 3.63) is 59.0 Å². The van der Waals surface area contributed by atoms with E-state index in [4.69, 9.17) is 0 Å². The van der Waals surface area contributed by atoms with E-state index in [1.165, 1.54) is 12.5 Å². The number of nitrogens with zero attached hydrogens (tertiary/aromatic N) is 4. The first-order valence-corrected chi connectivity index (χ1v) is 11.7. The summed E-state index contributed by atoms with van der Waals surface area (Å²) >= 11 is 0. The molecule has 1 aliphatic rings. The summed E-state index contributed by atoms with van der Waals surface area (Å²) in [6.45, 7) is 9.67. The smallest absolute Gasteiger partial charge is 0.175 e. The highest BCUT2D eigenvalue weighted by Crippen LogP contribution is 2.37. The summed E-state index contributed by atoms with van der Waals surface area (Å²) in [7, 11) is 0. The maximum atomic E-state index is 16.1. The Bertz CT molecular complexity index is 1380. The summed E-state index contributed by atoms with van der Waals surface area (Å²) in [4.78, 5) is 15.9. The van der Waals surface area contributed by atoms with Crippen LogP contribution in [-0.2, 0) is 6.42 Å². The van der Waals surface area contributed by atoms with Crippen LogP contribution in [0.3, 0.4) is 0 Å². The van der Waals surface area contributed by atoms with E-state index in [1.807, 2.05) is 26.0 Å². The molecular weight excluding hydrogens is 418 g/mol. The number of aryl methyl sites for hydroxylation is 3. The van der Waals surface area contributed by atoms with E-state index in [1.54, 1.807) is 19.2 Å². The first-order valence-electron chi connectivity index (χ1n) is 11.7. The Labute approximate surface area is 192 Å². The average molecular weight is 447 g/mol. The molecule has 4 aromatic rings. The number of piperidine rings is 1. The van der Waals surface area contributed by atoms with E-state index in [9.17, 15) is 4.39 Å². The minimum Gasteiger partial charge on any atom is -0.356 e. The van der Waals surface area contributed by atoms with Gasteiger partial charge in [0.15, 0.2) is 5.82 Å². The van der Waals surface area contributed by atoms with Gasteiger partial charge in [0.25, 0.3) is 0 Å². The van der Waals surface area contributed by atoms with Gasteiger partial charge in [0.05, 0.1) is 5.39 Å². The molecule has 6 heteroatoms. The Morgan fingerprint density at radius 1 is 1.12 bits per heavy atom. The molecule has 0 spiro atoms. The van der Waals surface area contributed by atoms with Crippen LogP contribution in [0.4, 0.5) is 14.6 Å². The van der Waals surface area contributed by atoms with Gasteiger partial charge in [-0.05, 0) is 73.1 Å². The number of aromatic nitrogens is 3. The molecule has 0 N–H and O–H groups in total. The van der Waals surface area contributed by atoms with Gasteiger partial charge < -0.3 is 4.90 Å². The van der Waals surface area contributed by atoms with Crippen LogP contribution in [0.15, 0.2) is 30.5 Å². The van der Waals surface area contributed by atoms with Crippen molar-refractivity contribution >= 4 is 27.5 Å². The molecule has 4 nitrogen and oxygen atoms in total. The zero-order valence-corrected chi connectivity index (χ0v) is 19.5. The van der Waals surface area contributed by atoms with Crippen LogP contribution < -0.4 is 4.90 Å². The number of hydrogen-bond acceptors (Lipinski definition) is 4. The van der Waals surface area contributed by atoms with E-state index in [0.29, 0.717) is 40.1 Å². The summed E-state index contributed by atoms with van der Waals surface area (Å²) < 4.78 is 30.8. The van der Waals surface area contributed by atoms with Crippen molar-refractivity contribution in [1.82, 2.24) is 15.0 Å². The zero-order valence-electron chi connectivity index (χ0n) is 19.5. The van der Waals surface area contributed by atoms with Crippen LogP contribution in [0.2, 0.25) is 0 Å². The Balaban J connectivity index is 1.77. The van der Waals surface area contributed by atoms with E-state index < -0.39 is 5.82 Å². The van der Waals surface area contributed by atoms with E-state index in [2.05, 4.69) is 26.8 Å². The number of benzene rings is 2. The molecule has 0 aliphatic carbocycles. The molecule has 0 amide bonds. The molecule has 1 aliphatic heterocycles. The van der Waals surface area contributed by atoms with Gasteiger partial charge in [0, 0.05) is 24.8 Å². The van der Waals surface area contributed by atoms with Crippen molar-refractivity contribution in [2.75, 3.05) is 18.0 Å². The minimum absolute atomic E-state index is 0.201. The number of anilines is 1. The standard InChI is InChI=1S/C27H28F2N4/c1-5-19-22(28)9-8-18-11-16(3)12-20(23(18)19)25-24(29)26-21(13-30-25)27(32-17(4)31-26)33-10-6-7-15(2)14-33/h8-9,11-13,15H,5-7,10,14H2,1-4H3/t15-/m0/s1. The van der Waals surface area contributed by atoms with E-state index >= 15 is 4.39 Å². The molecule has 0 saturated carbocycles. The van der Waals surface area contributed by atoms with Crippen LogP contribution in [-0.4, -0.2) is 28.0 Å². The van der Waals surface area contributed by atoms with Crippen LogP contribution in [0.25, 0.3) is 32.9 Å². The fourth-order valence-electron chi connectivity index (χ4n) is 5.16. The second kappa shape index (κ2) is 8.32. The molecule has 2 aromatic carbocycles. The van der Waals surface area contributed by atoms with Gasteiger partial charge in [-0.25, -0.2) is 18.7 Å². The Kier molecular flexibility index (Phi) is 5.47. The average Bonchev–Trinajstić information content (AvgIpc) is 2.79. The minimum atomic E-state index is -0.484. The van der Waals surface area contributed by atoms with Crippen molar-refractivity contribution in [3.63, 3.8) is 0 Å². The highest BCUT2D eigenvalue weighted by Gasteiger charge is 2.24. The third kappa shape index (κ3) is 3.71. The fourth-order valence-corrected chi connectivity index (χ4v) is 5.16. The van der Waals surface area contributed by atoms with Crippen molar-refractivity contribution in [2.24, 2.45) is 5.92 Å². The number of fused-ring (bicyclic) bond motifs is 2. The van der Waals surface area contributed by atoms with Crippen molar-refractivity contribution in [1.29, 1.82) is 0 Å². The van der Waals surface area contributed by atoms with E-state index in [-0.39, 0.29) is 17.0 Å². The highest BCUT2D eigenvalue weighted by molar-refractivity contribution is 6.01. The van der Waals surface area contributed by atoms with Gasteiger partial charge in [-0.15, -0.1) is 0 Å². The molecule has 1 atom stereocenters. The molecule has 0 unspecified atom stereocenters. The normalized spacial score (nSPS) is 16.7. The van der Waals surface area contributed by atoms with Gasteiger partial charge in [0.2, 0.25) is 0 Å². The third-order valence-electron chi connectivity index (χ3n) is 6.65. The maximum absolute atomic E-state index is 16.1. The first kappa shape index (κ1) is 21.7. The predicted octanol–water partition coefficient (Wildman–Crippen LogP) is 6.54. The van der Waals surface area contributed by atoms with Crippen LogP contribution in [0, 0.1) is 31.4 Å². The van der Waals surface area contributed by atoms with Crippen molar-refractivity contribution < 1.29 is 8.78 Å². The Hall–Kier alpha value is -3.15. The molecule has 170 valence electrons. The summed E-state index contributed by atoms with van der Waals surface area (Å²) in [5, 5.41) is 2.21. The topological polar surface area (TPSA) is 41.9 Å². The molecule has 5 rings (SSSR count). The number of pyridine rings is 1. The SMILES string of the molecule is CCc1c(F)ccc2cc(C)cc(-c3ncc4c(N5CCC[C@H](C)C5)nc(C)nc4c3F)c12. The third-order valence-corrected chi connectivity index (χ3v) is 6.65. The van der Waals surface area contributed by atoms with Crippen molar-refractivity contribution in [3.8, 4) is 11.3 Å². The second-order valence-electron chi connectivity index (χ2n) is 9.26. The van der Waals surface area contributed by atoms with E-state index in [0.717, 1.165) is 36.3 Å². The van der Waals surface area contributed by atoms with Crippen LogP contribution in [0.1, 0.15) is 43.6 Å². The van der Waals surface area contributed by atoms with Gasteiger partial charge in [-0.2, -0.15) is 0 Å². The Morgan fingerprint density at radius 2 is 1.94 bits per heavy atom. The van der Waals surface area contributed by atoms with Gasteiger partial charge in [-0.1, -0.05) is 26.0 Å². The second-order valence-corrected chi connectivity index (χ2v) is 9.26.